The maximum absolute atomic E-state index is 11.2. The molecule has 0 unspecified atom stereocenters. The van der Waals surface area contributed by atoms with Gasteiger partial charge in [-0.15, -0.1) is 0 Å². The topological polar surface area (TPSA) is 84.1 Å². The van der Waals surface area contributed by atoms with Gasteiger partial charge < -0.3 is 16.0 Å². The second-order valence-corrected chi connectivity index (χ2v) is 2.99. The molecule has 0 atom stereocenters. The molecule has 0 aliphatic heterocycles. The molecule has 82 valence electrons. The highest BCUT2D eigenvalue weighted by molar-refractivity contribution is 5.80. The third-order valence-electron chi connectivity index (χ3n) is 1.98. The Labute approximate surface area is 88.5 Å². The lowest BCUT2D eigenvalue weighted by Gasteiger charge is -2.20. The van der Waals surface area contributed by atoms with E-state index in [-0.39, 0.29) is 12.5 Å². The van der Waals surface area contributed by atoms with Gasteiger partial charge in [0.05, 0.1) is 18.9 Å². The van der Waals surface area contributed by atoms with E-state index in [1.165, 1.54) is 6.20 Å². The van der Waals surface area contributed by atoms with Crippen molar-refractivity contribution in [2.24, 2.45) is 0 Å². The quantitative estimate of drug-likeness (QED) is 0.707. The number of nitrogens with one attached hydrogen (secondary N) is 1. The number of likely N-dealkylation sites (N-methyl/N-ethyl adjacent to an activating group) is 2. The zero-order valence-electron chi connectivity index (χ0n) is 8.90. The van der Waals surface area contributed by atoms with Crippen LogP contribution in [-0.4, -0.2) is 36.0 Å². The van der Waals surface area contributed by atoms with Crippen molar-refractivity contribution < 1.29 is 4.79 Å². The predicted octanol–water partition coefficient (Wildman–Crippen LogP) is -0.369. The summed E-state index contributed by atoms with van der Waals surface area (Å²) in [6.45, 7) is 2.90. The summed E-state index contributed by atoms with van der Waals surface area (Å²) in [5.41, 5.74) is 5.42. The Kier molecular flexibility index (Phi) is 3.84. The summed E-state index contributed by atoms with van der Waals surface area (Å²) < 4.78 is 0. The summed E-state index contributed by atoms with van der Waals surface area (Å²) in [7, 11) is 1.60. The van der Waals surface area contributed by atoms with E-state index in [1.54, 1.807) is 13.2 Å². The van der Waals surface area contributed by atoms with Crippen LogP contribution in [-0.2, 0) is 4.79 Å². The number of carbonyl (C=O) groups excluding carboxylic acids is 1. The average Bonchev–Trinajstić information content (AvgIpc) is 2.27. The first-order valence-electron chi connectivity index (χ1n) is 4.70. The molecule has 15 heavy (non-hydrogen) atoms. The number of carbonyl (C=O) groups is 1. The number of amides is 1. The Morgan fingerprint density at radius 3 is 2.73 bits per heavy atom. The number of hydrogen-bond acceptors (Lipinski definition) is 5. The van der Waals surface area contributed by atoms with Gasteiger partial charge in [0.25, 0.3) is 0 Å². The molecule has 0 fully saturated rings. The van der Waals surface area contributed by atoms with Gasteiger partial charge in [0, 0.05) is 13.6 Å². The minimum atomic E-state index is -0.0597. The maximum atomic E-state index is 11.2. The summed E-state index contributed by atoms with van der Waals surface area (Å²) in [5, 5.41) is 2.56. The van der Waals surface area contributed by atoms with Crippen LogP contribution in [0.15, 0.2) is 12.4 Å². The van der Waals surface area contributed by atoms with Gasteiger partial charge in [-0.3, -0.25) is 4.79 Å². The third kappa shape index (κ3) is 3.08. The molecular formula is C9H15N5O. The standard InChI is InChI=1S/C9H15N5O/c1-3-14(6-9(15)11-2)8-5-12-7(10)4-13-8/h4-5H,3,6H2,1-2H3,(H2,10,12)(H,11,15). The van der Waals surface area contributed by atoms with Crippen LogP contribution in [0.25, 0.3) is 0 Å². The van der Waals surface area contributed by atoms with Crippen molar-refractivity contribution in [2.45, 2.75) is 6.92 Å². The second-order valence-electron chi connectivity index (χ2n) is 2.99. The zero-order chi connectivity index (χ0) is 11.3. The van der Waals surface area contributed by atoms with Gasteiger partial charge in [0.1, 0.15) is 11.6 Å². The van der Waals surface area contributed by atoms with Crippen LogP contribution in [0.1, 0.15) is 6.92 Å². The molecule has 0 aromatic carbocycles. The van der Waals surface area contributed by atoms with Crippen LogP contribution in [0.5, 0.6) is 0 Å². The van der Waals surface area contributed by atoms with Gasteiger partial charge in [0.15, 0.2) is 0 Å². The van der Waals surface area contributed by atoms with Crippen LogP contribution in [0.2, 0.25) is 0 Å². The first-order valence-corrected chi connectivity index (χ1v) is 4.70. The molecule has 1 aromatic rings. The minimum Gasteiger partial charge on any atom is -0.382 e. The van der Waals surface area contributed by atoms with E-state index in [9.17, 15) is 4.79 Å². The molecular weight excluding hydrogens is 194 g/mol. The number of nitrogens with two attached hydrogens (primary N) is 1. The normalized spacial score (nSPS) is 9.73. The van der Waals surface area contributed by atoms with Crippen molar-refractivity contribution in [1.82, 2.24) is 15.3 Å². The monoisotopic (exact) mass is 209 g/mol. The number of hydrogen-bond donors (Lipinski definition) is 2. The highest BCUT2D eigenvalue weighted by Gasteiger charge is 2.09. The van der Waals surface area contributed by atoms with Crippen LogP contribution in [0.4, 0.5) is 11.6 Å². The lowest BCUT2D eigenvalue weighted by atomic mass is 10.4. The van der Waals surface area contributed by atoms with E-state index < -0.39 is 0 Å². The first-order chi connectivity index (χ1) is 7.17. The average molecular weight is 209 g/mol. The van der Waals surface area contributed by atoms with Crippen molar-refractivity contribution in [1.29, 1.82) is 0 Å². The fourth-order valence-corrected chi connectivity index (χ4v) is 1.10. The van der Waals surface area contributed by atoms with Crippen LogP contribution >= 0.6 is 0 Å². The second kappa shape index (κ2) is 5.14. The van der Waals surface area contributed by atoms with Crippen LogP contribution in [0, 0.1) is 0 Å². The lowest BCUT2D eigenvalue weighted by Crippen LogP contribution is -2.36. The number of rotatable bonds is 4. The number of nitrogen functional groups attached to an aromatic ring is 1. The predicted molar refractivity (Wildman–Crippen MR) is 58.4 cm³/mol. The van der Waals surface area contributed by atoms with Crippen LogP contribution in [0.3, 0.4) is 0 Å². The third-order valence-corrected chi connectivity index (χ3v) is 1.98. The summed E-state index contributed by atoms with van der Waals surface area (Å²) >= 11 is 0. The van der Waals surface area contributed by atoms with Gasteiger partial charge in [0.2, 0.25) is 5.91 Å². The number of aromatic nitrogens is 2. The smallest absolute Gasteiger partial charge is 0.239 e. The molecule has 0 saturated carbocycles. The Bertz CT molecular complexity index is 324. The summed E-state index contributed by atoms with van der Waals surface area (Å²) in [6, 6.07) is 0. The molecule has 0 saturated heterocycles. The number of anilines is 2. The molecule has 1 aromatic heterocycles. The van der Waals surface area contributed by atoms with Gasteiger partial charge >= 0.3 is 0 Å². The van der Waals surface area contributed by atoms with Crippen molar-refractivity contribution >= 4 is 17.5 Å². The largest absolute Gasteiger partial charge is 0.382 e. The summed E-state index contributed by atoms with van der Waals surface area (Å²) in [6.07, 6.45) is 3.03. The summed E-state index contributed by atoms with van der Waals surface area (Å²) in [5.74, 6) is 0.959. The molecule has 0 aliphatic rings. The first kappa shape index (κ1) is 11.2. The fourth-order valence-electron chi connectivity index (χ4n) is 1.10. The Morgan fingerprint density at radius 1 is 1.53 bits per heavy atom. The van der Waals surface area contributed by atoms with Crippen molar-refractivity contribution in [3.63, 3.8) is 0 Å². The molecule has 1 amide bonds. The van der Waals surface area contributed by atoms with E-state index in [4.69, 9.17) is 5.73 Å². The van der Waals surface area contributed by atoms with Gasteiger partial charge in [-0.25, -0.2) is 9.97 Å². The lowest BCUT2D eigenvalue weighted by molar-refractivity contribution is -0.119. The highest BCUT2D eigenvalue weighted by Crippen LogP contribution is 2.08. The summed E-state index contributed by atoms with van der Waals surface area (Å²) in [4.78, 5) is 21.0. The van der Waals surface area contributed by atoms with E-state index in [2.05, 4.69) is 15.3 Å². The molecule has 0 aliphatic carbocycles. The minimum absolute atomic E-state index is 0.0597. The molecule has 3 N–H and O–H groups in total. The molecule has 6 nitrogen and oxygen atoms in total. The molecule has 0 radical (unpaired) electrons. The SMILES string of the molecule is CCN(CC(=O)NC)c1cnc(N)cn1. The molecule has 0 bridgehead atoms. The number of nitrogens with zero attached hydrogens (tertiary/aromatic N) is 3. The molecule has 1 rings (SSSR count). The van der Waals surface area contributed by atoms with Crippen molar-refractivity contribution in [2.75, 3.05) is 30.8 Å². The molecule has 6 heteroatoms. The van der Waals surface area contributed by atoms with E-state index in [1.807, 2.05) is 11.8 Å². The van der Waals surface area contributed by atoms with Crippen molar-refractivity contribution in [3.8, 4) is 0 Å². The van der Waals surface area contributed by atoms with E-state index in [0.29, 0.717) is 18.2 Å². The van der Waals surface area contributed by atoms with Crippen LogP contribution < -0.4 is 16.0 Å². The Balaban J connectivity index is 2.74. The van der Waals surface area contributed by atoms with Gasteiger partial charge in [-0.1, -0.05) is 0 Å². The maximum Gasteiger partial charge on any atom is 0.239 e. The Morgan fingerprint density at radius 2 is 2.27 bits per heavy atom. The Hall–Kier alpha value is -1.85. The van der Waals surface area contributed by atoms with E-state index >= 15 is 0 Å². The highest BCUT2D eigenvalue weighted by atomic mass is 16.1. The van der Waals surface area contributed by atoms with Crippen molar-refractivity contribution in [3.05, 3.63) is 12.4 Å². The fraction of sp³-hybridized carbons (Fsp3) is 0.444. The van der Waals surface area contributed by atoms with Gasteiger partial charge in [-0.2, -0.15) is 0 Å². The zero-order valence-corrected chi connectivity index (χ0v) is 8.90. The molecule has 0 spiro atoms. The van der Waals surface area contributed by atoms with E-state index in [0.717, 1.165) is 0 Å². The molecule has 1 heterocycles. The van der Waals surface area contributed by atoms with Gasteiger partial charge in [-0.05, 0) is 6.92 Å².